The van der Waals surface area contributed by atoms with Crippen LogP contribution in [0.15, 0.2) is 73.1 Å². The van der Waals surface area contributed by atoms with E-state index in [1.54, 1.807) is 55.6 Å². The fourth-order valence-corrected chi connectivity index (χ4v) is 3.01. The smallest absolute Gasteiger partial charge is 0.255 e. The van der Waals surface area contributed by atoms with Gasteiger partial charge in [-0.25, -0.2) is 4.98 Å². The molecule has 0 bridgehead atoms. The van der Waals surface area contributed by atoms with Crippen molar-refractivity contribution >= 4 is 17.2 Å². The number of nitrogens with zero attached hydrogens (tertiary/aromatic N) is 2. The van der Waals surface area contributed by atoms with E-state index >= 15 is 0 Å². The Morgan fingerprint density at radius 3 is 2.45 bits per heavy atom. The normalized spacial score (nSPS) is 10.7. The van der Waals surface area contributed by atoms with Crippen LogP contribution >= 0.6 is 0 Å². The number of pyridine rings is 1. The molecule has 1 N–H and O–H groups in total. The first kappa shape index (κ1) is 18.6. The number of nitrogens with one attached hydrogen (secondary N) is 1. The fourth-order valence-electron chi connectivity index (χ4n) is 3.01. The van der Waals surface area contributed by atoms with Gasteiger partial charge in [0.25, 0.3) is 5.91 Å². The Bertz CT molecular complexity index is 1130. The minimum Gasteiger partial charge on any atom is -0.497 e. The topological polar surface area (TPSA) is 64.9 Å². The molecule has 0 atom stereocenters. The predicted molar refractivity (Wildman–Crippen MR) is 112 cm³/mol. The summed E-state index contributed by atoms with van der Waals surface area (Å²) >= 11 is 0. The molecular weight excluding hydrogens is 366 g/mol. The largest absolute Gasteiger partial charge is 0.497 e. The van der Waals surface area contributed by atoms with Crippen LogP contribution in [0.1, 0.15) is 21.6 Å². The molecule has 0 saturated carbocycles. The molecule has 0 aliphatic heterocycles. The minimum atomic E-state index is -0.183. The van der Waals surface area contributed by atoms with Crippen molar-refractivity contribution in [1.82, 2.24) is 9.38 Å². The highest BCUT2D eigenvalue weighted by Crippen LogP contribution is 2.18. The van der Waals surface area contributed by atoms with Crippen LogP contribution in [0.4, 0.5) is 5.69 Å². The van der Waals surface area contributed by atoms with E-state index in [2.05, 4.69) is 10.3 Å². The lowest BCUT2D eigenvalue weighted by atomic mass is 10.2. The van der Waals surface area contributed by atoms with E-state index in [1.807, 2.05) is 35.9 Å². The van der Waals surface area contributed by atoms with E-state index in [1.165, 1.54) is 0 Å². The molecule has 6 nitrogen and oxygen atoms in total. The van der Waals surface area contributed by atoms with Crippen molar-refractivity contribution < 1.29 is 14.3 Å². The number of anilines is 1. The lowest BCUT2D eigenvalue weighted by molar-refractivity contribution is 0.102. The number of aryl methyl sites for hydroxylation is 1. The molecule has 146 valence electrons. The zero-order valence-corrected chi connectivity index (χ0v) is 16.3. The van der Waals surface area contributed by atoms with Gasteiger partial charge in [0, 0.05) is 23.6 Å². The van der Waals surface area contributed by atoms with Crippen molar-refractivity contribution in [2.24, 2.45) is 0 Å². The molecule has 0 fully saturated rings. The van der Waals surface area contributed by atoms with E-state index in [4.69, 9.17) is 9.47 Å². The predicted octanol–water partition coefficient (Wildman–Crippen LogP) is 4.48. The molecule has 0 aliphatic carbocycles. The Morgan fingerprint density at radius 2 is 1.76 bits per heavy atom. The number of carbonyl (C=O) groups is 1. The quantitative estimate of drug-likeness (QED) is 0.530. The van der Waals surface area contributed by atoms with Crippen molar-refractivity contribution in [3.8, 4) is 11.5 Å². The molecule has 6 heteroatoms. The van der Waals surface area contributed by atoms with Gasteiger partial charge in [-0.15, -0.1) is 0 Å². The van der Waals surface area contributed by atoms with Gasteiger partial charge in [-0.2, -0.15) is 0 Å². The lowest BCUT2D eigenvalue weighted by Crippen LogP contribution is -2.11. The van der Waals surface area contributed by atoms with Gasteiger partial charge in [0.1, 0.15) is 23.8 Å². The summed E-state index contributed by atoms with van der Waals surface area (Å²) in [6.45, 7) is 2.39. The highest BCUT2D eigenvalue weighted by atomic mass is 16.5. The number of carbonyl (C=O) groups excluding carboxylic acids is 1. The Morgan fingerprint density at radius 1 is 1.03 bits per heavy atom. The summed E-state index contributed by atoms with van der Waals surface area (Å²) < 4.78 is 12.9. The van der Waals surface area contributed by atoms with Crippen LogP contribution in [-0.4, -0.2) is 22.4 Å². The van der Waals surface area contributed by atoms with Crippen LogP contribution < -0.4 is 14.8 Å². The maximum absolute atomic E-state index is 12.4. The van der Waals surface area contributed by atoms with Crippen LogP contribution in [-0.2, 0) is 6.61 Å². The number of amides is 1. The number of fused-ring (bicyclic) bond motifs is 1. The highest BCUT2D eigenvalue weighted by molar-refractivity contribution is 6.04. The van der Waals surface area contributed by atoms with Gasteiger partial charge in [-0.05, 0) is 67.1 Å². The molecule has 2 aromatic carbocycles. The molecule has 0 unspecified atom stereocenters. The van der Waals surface area contributed by atoms with Crippen molar-refractivity contribution in [2.45, 2.75) is 13.5 Å². The summed E-state index contributed by atoms with van der Waals surface area (Å²) in [6.07, 6.45) is 3.92. The van der Waals surface area contributed by atoms with Crippen LogP contribution in [0.3, 0.4) is 0 Å². The Kier molecular flexibility index (Phi) is 5.16. The number of ether oxygens (including phenoxy) is 2. The summed E-state index contributed by atoms with van der Waals surface area (Å²) in [4.78, 5) is 17.0. The van der Waals surface area contributed by atoms with Crippen molar-refractivity contribution in [3.05, 3.63) is 89.9 Å². The van der Waals surface area contributed by atoms with Gasteiger partial charge in [-0.3, -0.25) is 4.79 Å². The van der Waals surface area contributed by atoms with Gasteiger partial charge in [0.05, 0.1) is 12.8 Å². The van der Waals surface area contributed by atoms with E-state index < -0.39 is 0 Å². The summed E-state index contributed by atoms with van der Waals surface area (Å²) in [5.41, 5.74) is 4.15. The second-order valence-electron chi connectivity index (χ2n) is 6.65. The summed E-state index contributed by atoms with van der Waals surface area (Å²) in [5, 5.41) is 2.86. The molecule has 0 saturated heterocycles. The Labute approximate surface area is 168 Å². The van der Waals surface area contributed by atoms with Crippen LogP contribution in [0.2, 0.25) is 0 Å². The first-order valence-electron chi connectivity index (χ1n) is 9.24. The van der Waals surface area contributed by atoms with E-state index in [0.29, 0.717) is 23.6 Å². The molecular formula is C23H21N3O3. The van der Waals surface area contributed by atoms with Gasteiger partial charge >= 0.3 is 0 Å². The van der Waals surface area contributed by atoms with E-state index in [-0.39, 0.29) is 5.91 Å². The van der Waals surface area contributed by atoms with E-state index in [9.17, 15) is 4.79 Å². The third kappa shape index (κ3) is 4.21. The molecule has 0 aliphatic rings. The van der Waals surface area contributed by atoms with Crippen molar-refractivity contribution in [3.63, 3.8) is 0 Å². The summed E-state index contributed by atoms with van der Waals surface area (Å²) in [5.74, 6) is 1.24. The maximum atomic E-state index is 12.4. The van der Waals surface area contributed by atoms with Crippen LogP contribution in [0.25, 0.3) is 5.65 Å². The van der Waals surface area contributed by atoms with Gasteiger partial charge in [-0.1, -0.05) is 6.07 Å². The highest BCUT2D eigenvalue weighted by Gasteiger charge is 2.08. The molecule has 2 heterocycles. The van der Waals surface area contributed by atoms with Crippen molar-refractivity contribution in [2.75, 3.05) is 12.4 Å². The van der Waals surface area contributed by atoms with Gasteiger partial charge < -0.3 is 19.2 Å². The number of hydrogen-bond acceptors (Lipinski definition) is 4. The second kappa shape index (κ2) is 8.06. The Balaban J connectivity index is 1.37. The minimum absolute atomic E-state index is 0.183. The third-order valence-electron chi connectivity index (χ3n) is 4.58. The fraction of sp³-hybridized carbons (Fsp3) is 0.130. The SMILES string of the molecule is COc1ccc(NC(=O)c2ccc(OCc3cn4cccc(C)c4n3)cc2)cc1. The van der Waals surface area contributed by atoms with E-state index in [0.717, 1.165) is 22.7 Å². The first-order chi connectivity index (χ1) is 14.1. The summed E-state index contributed by atoms with van der Waals surface area (Å²) in [7, 11) is 1.60. The average Bonchev–Trinajstić information content (AvgIpc) is 3.18. The number of methoxy groups -OCH3 is 1. The molecule has 1 amide bonds. The molecule has 4 rings (SSSR count). The molecule has 4 aromatic rings. The van der Waals surface area contributed by atoms with Crippen molar-refractivity contribution in [1.29, 1.82) is 0 Å². The maximum Gasteiger partial charge on any atom is 0.255 e. The number of rotatable bonds is 6. The number of aromatic nitrogens is 2. The third-order valence-corrected chi connectivity index (χ3v) is 4.58. The van der Waals surface area contributed by atoms with Crippen LogP contribution in [0, 0.1) is 6.92 Å². The molecule has 2 aromatic heterocycles. The lowest BCUT2D eigenvalue weighted by Gasteiger charge is -2.08. The molecule has 29 heavy (non-hydrogen) atoms. The van der Waals surface area contributed by atoms with Gasteiger partial charge in [0.15, 0.2) is 0 Å². The number of benzene rings is 2. The standard InChI is InChI=1S/C23H21N3O3/c1-16-4-3-13-26-14-19(24-22(16)26)15-29-21-9-5-17(6-10-21)23(27)25-18-7-11-20(28-2)12-8-18/h3-14H,15H2,1-2H3,(H,25,27). The second-order valence-corrected chi connectivity index (χ2v) is 6.65. The van der Waals surface area contributed by atoms with Crippen LogP contribution in [0.5, 0.6) is 11.5 Å². The zero-order valence-electron chi connectivity index (χ0n) is 16.3. The Hall–Kier alpha value is -3.80. The number of imidazole rings is 1. The monoisotopic (exact) mass is 387 g/mol. The average molecular weight is 387 g/mol. The zero-order chi connectivity index (χ0) is 20.2. The first-order valence-corrected chi connectivity index (χ1v) is 9.24. The van der Waals surface area contributed by atoms with Gasteiger partial charge in [0.2, 0.25) is 0 Å². The summed E-state index contributed by atoms with van der Waals surface area (Å²) in [6, 6.07) is 18.3. The molecule has 0 radical (unpaired) electrons. The number of hydrogen-bond donors (Lipinski definition) is 1. The molecule has 0 spiro atoms.